The van der Waals surface area contributed by atoms with Gasteiger partial charge in [0.1, 0.15) is 12.7 Å². The summed E-state index contributed by atoms with van der Waals surface area (Å²) in [6.45, 7) is 3.84. The van der Waals surface area contributed by atoms with Crippen molar-refractivity contribution in [2.45, 2.75) is 44.8 Å². The highest BCUT2D eigenvalue weighted by Crippen LogP contribution is 2.30. The van der Waals surface area contributed by atoms with Crippen LogP contribution in [0.2, 0.25) is 0 Å². The van der Waals surface area contributed by atoms with Crippen LogP contribution in [0.3, 0.4) is 0 Å². The molecule has 1 saturated heterocycles. The van der Waals surface area contributed by atoms with Crippen LogP contribution in [-0.2, 0) is 17.8 Å². The first-order chi connectivity index (χ1) is 12.0. The van der Waals surface area contributed by atoms with E-state index in [9.17, 15) is 9.90 Å². The molecular formula is C19H26N4O2. The third-order valence-corrected chi connectivity index (χ3v) is 5.13. The Hall–Kier alpha value is -2.21. The third-order valence-electron chi connectivity index (χ3n) is 5.13. The van der Waals surface area contributed by atoms with Gasteiger partial charge in [-0.1, -0.05) is 30.3 Å². The van der Waals surface area contributed by atoms with Crippen LogP contribution in [0.4, 0.5) is 0 Å². The Morgan fingerprint density at radius 3 is 2.88 bits per heavy atom. The quantitative estimate of drug-likeness (QED) is 0.870. The van der Waals surface area contributed by atoms with Crippen LogP contribution in [0.15, 0.2) is 43.0 Å². The monoisotopic (exact) mass is 342 g/mol. The summed E-state index contributed by atoms with van der Waals surface area (Å²) >= 11 is 0. The Bertz CT molecular complexity index is 670. The second-order valence-electron chi connectivity index (χ2n) is 7.10. The smallest absolute Gasteiger partial charge is 0.222 e. The van der Waals surface area contributed by atoms with E-state index in [1.165, 1.54) is 11.9 Å². The molecule has 1 N–H and O–H groups in total. The number of aromatic nitrogens is 3. The molecule has 1 aromatic carbocycles. The number of hydrogen-bond donors (Lipinski definition) is 1. The summed E-state index contributed by atoms with van der Waals surface area (Å²) in [5, 5.41) is 14.8. The van der Waals surface area contributed by atoms with E-state index in [0.29, 0.717) is 32.5 Å². The van der Waals surface area contributed by atoms with Crippen molar-refractivity contribution in [3.05, 3.63) is 48.5 Å². The largest absolute Gasteiger partial charge is 0.390 e. The van der Waals surface area contributed by atoms with E-state index in [4.69, 9.17) is 0 Å². The van der Waals surface area contributed by atoms with Crippen LogP contribution >= 0.6 is 0 Å². The molecule has 1 amide bonds. The number of aliphatic hydroxyl groups is 1. The maximum absolute atomic E-state index is 12.5. The number of rotatable bonds is 6. The minimum atomic E-state index is -0.729. The van der Waals surface area contributed by atoms with Gasteiger partial charge < -0.3 is 10.0 Å². The Kier molecular flexibility index (Phi) is 5.48. The number of carbonyl (C=O) groups excluding carboxylic acids is 1. The molecule has 1 aliphatic rings. The maximum atomic E-state index is 12.5. The van der Waals surface area contributed by atoms with Gasteiger partial charge in [-0.05, 0) is 31.7 Å². The lowest BCUT2D eigenvalue weighted by Gasteiger charge is -2.43. The average molecular weight is 342 g/mol. The van der Waals surface area contributed by atoms with Gasteiger partial charge in [0.2, 0.25) is 5.91 Å². The zero-order chi connectivity index (χ0) is 17.7. The van der Waals surface area contributed by atoms with Gasteiger partial charge in [-0.2, -0.15) is 5.10 Å². The minimum absolute atomic E-state index is 0.0583. The average Bonchev–Trinajstić information content (AvgIpc) is 3.11. The predicted octanol–water partition coefficient (Wildman–Crippen LogP) is 1.90. The van der Waals surface area contributed by atoms with Crippen molar-refractivity contribution >= 4 is 5.91 Å². The maximum Gasteiger partial charge on any atom is 0.222 e. The van der Waals surface area contributed by atoms with E-state index in [-0.39, 0.29) is 11.8 Å². The Morgan fingerprint density at radius 2 is 2.16 bits per heavy atom. The molecule has 1 aliphatic heterocycles. The van der Waals surface area contributed by atoms with Gasteiger partial charge in [0.15, 0.2) is 0 Å². The Morgan fingerprint density at radius 1 is 1.36 bits per heavy atom. The minimum Gasteiger partial charge on any atom is -0.390 e. The van der Waals surface area contributed by atoms with Crippen LogP contribution < -0.4 is 0 Å². The molecule has 25 heavy (non-hydrogen) atoms. The fraction of sp³-hybridized carbons (Fsp3) is 0.526. The molecule has 1 fully saturated rings. The summed E-state index contributed by atoms with van der Waals surface area (Å²) in [4.78, 5) is 18.3. The van der Waals surface area contributed by atoms with E-state index in [0.717, 1.165) is 12.8 Å². The summed E-state index contributed by atoms with van der Waals surface area (Å²) < 4.78 is 1.74. The molecular weight excluding hydrogens is 316 g/mol. The van der Waals surface area contributed by atoms with Gasteiger partial charge in [0, 0.05) is 32.0 Å². The van der Waals surface area contributed by atoms with E-state index in [2.05, 4.69) is 22.2 Å². The fourth-order valence-electron chi connectivity index (χ4n) is 3.43. The molecule has 2 atom stereocenters. The molecule has 0 saturated carbocycles. The topological polar surface area (TPSA) is 71.2 Å². The Labute approximate surface area is 148 Å². The number of amides is 1. The molecule has 3 rings (SSSR count). The lowest BCUT2D eigenvalue weighted by atomic mass is 9.78. The standard InChI is InChI=1S/C19H26N4O2/c1-19(25)9-11-22(13-17(19)12-16-6-3-2-4-7-16)18(24)8-5-10-23-15-20-14-21-23/h2-4,6-7,14-15,17,25H,5,8-13H2,1H3/t17-,19+/m0/s1. The molecule has 2 aromatic rings. The zero-order valence-corrected chi connectivity index (χ0v) is 14.7. The van der Waals surface area contributed by atoms with E-state index >= 15 is 0 Å². The number of likely N-dealkylation sites (tertiary alicyclic amines) is 1. The van der Waals surface area contributed by atoms with Crippen molar-refractivity contribution in [3.8, 4) is 0 Å². The Balaban J connectivity index is 1.54. The van der Waals surface area contributed by atoms with Crippen molar-refractivity contribution in [1.29, 1.82) is 0 Å². The highest BCUT2D eigenvalue weighted by molar-refractivity contribution is 5.76. The van der Waals surface area contributed by atoms with Crippen LogP contribution in [0, 0.1) is 5.92 Å². The van der Waals surface area contributed by atoms with Crippen molar-refractivity contribution in [2.24, 2.45) is 5.92 Å². The highest BCUT2D eigenvalue weighted by Gasteiger charge is 2.38. The van der Waals surface area contributed by atoms with Crippen LogP contribution in [-0.4, -0.2) is 49.4 Å². The summed E-state index contributed by atoms with van der Waals surface area (Å²) in [5.41, 5.74) is 0.473. The van der Waals surface area contributed by atoms with Gasteiger partial charge in [-0.25, -0.2) is 4.98 Å². The number of nitrogens with zero attached hydrogens (tertiary/aromatic N) is 4. The van der Waals surface area contributed by atoms with Crippen LogP contribution in [0.1, 0.15) is 31.7 Å². The molecule has 0 unspecified atom stereocenters. The van der Waals surface area contributed by atoms with Crippen molar-refractivity contribution in [1.82, 2.24) is 19.7 Å². The number of hydrogen-bond acceptors (Lipinski definition) is 4. The summed E-state index contributed by atoms with van der Waals surface area (Å²) in [6.07, 6.45) is 5.83. The van der Waals surface area contributed by atoms with Crippen LogP contribution in [0.5, 0.6) is 0 Å². The van der Waals surface area contributed by atoms with Gasteiger partial charge in [-0.15, -0.1) is 0 Å². The molecule has 6 nitrogen and oxygen atoms in total. The molecule has 134 valence electrons. The molecule has 0 bridgehead atoms. The SMILES string of the molecule is C[C@@]1(O)CCN(C(=O)CCCn2cncn2)C[C@@H]1Cc1ccccc1. The third kappa shape index (κ3) is 4.66. The lowest BCUT2D eigenvalue weighted by molar-refractivity contribution is -0.139. The van der Waals surface area contributed by atoms with E-state index in [1.807, 2.05) is 30.0 Å². The summed E-state index contributed by atoms with van der Waals surface area (Å²) in [5.74, 6) is 0.219. The molecule has 0 spiro atoms. The molecule has 0 aliphatic carbocycles. The van der Waals surface area contributed by atoms with Crippen molar-refractivity contribution in [3.63, 3.8) is 0 Å². The lowest BCUT2D eigenvalue weighted by Crippen LogP contribution is -2.52. The second-order valence-corrected chi connectivity index (χ2v) is 7.10. The number of aryl methyl sites for hydroxylation is 1. The highest BCUT2D eigenvalue weighted by atomic mass is 16.3. The number of carbonyl (C=O) groups is 1. The van der Waals surface area contributed by atoms with Crippen LogP contribution in [0.25, 0.3) is 0 Å². The zero-order valence-electron chi connectivity index (χ0n) is 14.7. The first-order valence-corrected chi connectivity index (χ1v) is 8.91. The molecule has 2 heterocycles. The number of benzene rings is 1. The van der Waals surface area contributed by atoms with Gasteiger partial charge >= 0.3 is 0 Å². The molecule has 0 radical (unpaired) electrons. The predicted molar refractivity (Wildman–Crippen MR) is 94.7 cm³/mol. The first kappa shape index (κ1) is 17.6. The molecule has 1 aromatic heterocycles. The van der Waals surface area contributed by atoms with Gasteiger partial charge in [0.05, 0.1) is 5.60 Å². The first-order valence-electron chi connectivity index (χ1n) is 8.91. The van der Waals surface area contributed by atoms with Gasteiger partial charge in [0.25, 0.3) is 0 Å². The van der Waals surface area contributed by atoms with Gasteiger partial charge in [-0.3, -0.25) is 9.48 Å². The second kappa shape index (κ2) is 7.78. The summed E-state index contributed by atoms with van der Waals surface area (Å²) in [7, 11) is 0. The summed E-state index contributed by atoms with van der Waals surface area (Å²) in [6, 6.07) is 10.2. The van der Waals surface area contributed by atoms with Crippen molar-refractivity contribution in [2.75, 3.05) is 13.1 Å². The van der Waals surface area contributed by atoms with E-state index < -0.39 is 5.60 Å². The fourth-order valence-corrected chi connectivity index (χ4v) is 3.43. The van der Waals surface area contributed by atoms with E-state index in [1.54, 1.807) is 11.0 Å². The normalized spacial score (nSPS) is 23.6. The number of piperidine rings is 1. The molecule has 6 heteroatoms. The van der Waals surface area contributed by atoms with Crippen molar-refractivity contribution < 1.29 is 9.90 Å².